The van der Waals surface area contributed by atoms with Crippen molar-refractivity contribution in [2.24, 2.45) is 0 Å². The molecule has 7 heteroatoms. The first kappa shape index (κ1) is 17.0. The predicted octanol–water partition coefficient (Wildman–Crippen LogP) is 3.29. The molecule has 1 aliphatic heterocycles. The number of ether oxygens (including phenoxy) is 1. The molecule has 0 spiro atoms. The number of thiophene rings is 1. The highest BCUT2D eigenvalue weighted by molar-refractivity contribution is 7.15. The molecule has 6 nitrogen and oxygen atoms in total. The van der Waals surface area contributed by atoms with E-state index in [1.807, 2.05) is 19.9 Å². The van der Waals surface area contributed by atoms with Gasteiger partial charge < -0.3 is 14.1 Å². The zero-order valence-electron chi connectivity index (χ0n) is 14.4. The number of oxazole rings is 1. The van der Waals surface area contributed by atoms with Crippen LogP contribution >= 0.6 is 11.3 Å². The Morgan fingerprint density at radius 2 is 2.04 bits per heavy atom. The summed E-state index contributed by atoms with van der Waals surface area (Å²) >= 11 is 1.69. The molecule has 2 aromatic rings. The highest BCUT2D eigenvalue weighted by Gasteiger charge is 2.23. The fraction of sp³-hybridized carbons (Fsp3) is 0.529. The van der Waals surface area contributed by atoms with Gasteiger partial charge in [0.25, 0.3) is 0 Å². The number of hydrogen-bond acceptors (Lipinski definition) is 6. The molecule has 1 fully saturated rings. The van der Waals surface area contributed by atoms with E-state index in [4.69, 9.17) is 9.15 Å². The van der Waals surface area contributed by atoms with Crippen LogP contribution in [0.4, 0.5) is 4.79 Å². The van der Waals surface area contributed by atoms with Crippen LogP contribution in [0.3, 0.4) is 0 Å². The summed E-state index contributed by atoms with van der Waals surface area (Å²) in [6.45, 7) is 10.0. The smallest absolute Gasteiger partial charge is 0.409 e. The van der Waals surface area contributed by atoms with Crippen molar-refractivity contribution in [1.82, 2.24) is 14.8 Å². The summed E-state index contributed by atoms with van der Waals surface area (Å²) in [7, 11) is 0. The standard InChI is InChI=1S/C17H23N3O3S/c1-4-22-17(21)20-9-7-19(8-10-20)11-14-13(3)23-16(18-14)15-6-5-12(2)24-15/h5-6H,4,7-11H2,1-3H3. The van der Waals surface area contributed by atoms with Gasteiger partial charge in [-0.15, -0.1) is 11.3 Å². The maximum absolute atomic E-state index is 11.7. The van der Waals surface area contributed by atoms with Crippen LogP contribution in [0, 0.1) is 13.8 Å². The van der Waals surface area contributed by atoms with Crippen LogP contribution in [0.1, 0.15) is 23.3 Å². The monoisotopic (exact) mass is 349 g/mol. The largest absolute Gasteiger partial charge is 0.450 e. The quantitative estimate of drug-likeness (QED) is 0.848. The summed E-state index contributed by atoms with van der Waals surface area (Å²) in [6, 6.07) is 4.13. The van der Waals surface area contributed by atoms with Gasteiger partial charge in [0.2, 0.25) is 5.89 Å². The second kappa shape index (κ2) is 7.36. The van der Waals surface area contributed by atoms with Crippen LogP contribution in [0.25, 0.3) is 10.8 Å². The Hall–Kier alpha value is -1.86. The fourth-order valence-corrected chi connectivity index (χ4v) is 3.54. The highest BCUT2D eigenvalue weighted by atomic mass is 32.1. The Bertz CT molecular complexity index is 702. The topological polar surface area (TPSA) is 58.8 Å². The SMILES string of the molecule is CCOC(=O)N1CCN(Cc2nc(-c3ccc(C)s3)oc2C)CC1. The first-order chi connectivity index (χ1) is 11.6. The van der Waals surface area contributed by atoms with Crippen molar-refractivity contribution in [1.29, 1.82) is 0 Å². The third-order valence-electron chi connectivity index (χ3n) is 4.12. The number of nitrogens with zero attached hydrogens (tertiary/aromatic N) is 3. The number of hydrogen-bond donors (Lipinski definition) is 0. The second-order valence-electron chi connectivity index (χ2n) is 5.89. The van der Waals surface area contributed by atoms with E-state index in [1.54, 1.807) is 16.2 Å². The van der Waals surface area contributed by atoms with Gasteiger partial charge in [0.05, 0.1) is 17.2 Å². The van der Waals surface area contributed by atoms with Crippen LogP contribution in [-0.2, 0) is 11.3 Å². The minimum Gasteiger partial charge on any atom is -0.450 e. The average molecular weight is 349 g/mol. The molecule has 1 saturated heterocycles. The zero-order chi connectivity index (χ0) is 17.1. The summed E-state index contributed by atoms with van der Waals surface area (Å²) in [5, 5.41) is 0. The lowest BCUT2D eigenvalue weighted by Gasteiger charge is -2.33. The molecule has 0 bridgehead atoms. The summed E-state index contributed by atoms with van der Waals surface area (Å²) in [5.74, 6) is 1.56. The van der Waals surface area contributed by atoms with Crippen molar-refractivity contribution in [3.05, 3.63) is 28.5 Å². The molecule has 0 N–H and O–H groups in total. The highest BCUT2D eigenvalue weighted by Crippen LogP contribution is 2.29. The Morgan fingerprint density at radius 3 is 2.67 bits per heavy atom. The summed E-state index contributed by atoms with van der Waals surface area (Å²) in [5.41, 5.74) is 0.973. The summed E-state index contributed by atoms with van der Waals surface area (Å²) in [6.07, 6.45) is -0.217. The lowest BCUT2D eigenvalue weighted by molar-refractivity contribution is 0.0774. The Morgan fingerprint density at radius 1 is 1.29 bits per heavy atom. The first-order valence-electron chi connectivity index (χ1n) is 8.24. The lowest BCUT2D eigenvalue weighted by Crippen LogP contribution is -2.48. The van der Waals surface area contributed by atoms with Crippen molar-refractivity contribution in [2.75, 3.05) is 32.8 Å². The van der Waals surface area contributed by atoms with Crippen LogP contribution in [0.5, 0.6) is 0 Å². The van der Waals surface area contributed by atoms with E-state index in [2.05, 4.69) is 22.9 Å². The van der Waals surface area contributed by atoms with E-state index in [1.165, 1.54) is 4.88 Å². The van der Waals surface area contributed by atoms with Gasteiger partial charge in [0.1, 0.15) is 5.76 Å². The van der Waals surface area contributed by atoms with Crippen LogP contribution < -0.4 is 0 Å². The Balaban J connectivity index is 1.59. The molecule has 24 heavy (non-hydrogen) atoms. The number of aromatic nitrogens is 1. The molecule has 0 atom stereocenters. The molecular formula is C17H23N3O3S. The normalized spacial score (nSPS) is 15.7. The maximum atomic E-state index is 11.7. The van der Waals surface area contributed by atoms with Gasteiger partial charge in [-0.25, -0.2) is 9.78 Å². The molecule has 0 saturated carbocycles. The number of carbonyl (C=O) groups excluding carboxylic acids is 1. The summed E-state index contributed by atoms with van der Waals surface area (Å²) < 4.78 is 10.9. The molecule has 2 aromatic heterocycles. The molecule has 1 aliphatic rings. The molecule has 0 aliphatic carbocycles. The van der Waals surface area contributed by atoms with Gasteiger partial charge in [-0.05, 0) is 32.9 Å². The van der Waals surface area contributed by atoms with E-state index in [9.17, 15) is 4.79 Å². The zero-order valence-corrected chi connectivity index (χ0v) is 15.2. The number of aryl methyl sites for hydroxylation is 2. The van der Waals surface area contributed by atoms with E-state index < -0.39 is 0 Å². The van der Waals surface area contributed by atoms with E-state index >= 15 is 0 Å². The minimum atomic E-state index is -0.217. The van der Waals surface area contributed by atoms with Crippen molar-refractivity contribution in [2.45, 2.75) is 27.3 Å². The molecule has 0 aromatic carbocycles. The van der Waals surface area contributed by atoms with Crippen molar-refractivity contribution < 1.29 is 13.9 Å². The number of carbonyl (C=O) groups is 1. The molecule has 130 valence electrons. The molecule has 1 amide bonds. The van der Waals surface area contributed by atoms with Gasteiger partial charge in [0.15, 0.2) is 0 Å². The summed E-state index contributed by atoms with van der Waals surface area (Å²) in [4.78, 5) is 22.8. The maximum Gasteiger partial charge on any atom is 0.409 e. The van der Waals surface area contributed by atoms with Gasteiger partial charge in [-0.1, -0.05) is 0 Å². The van der Waals surface area contributed by atoms with Crippen LogP contribution in [-0.4, -0.2) is 53.7 Å². The van der Waals surface area contributed by atoms with Crippen LogP contribution in [0.2, 0.25) is 0 Å². The van der Waals surface area contributed by atoms with Gasteiger partial charge in [-0.2, -0.15) is 0 Å². The Kier molecular flexibility index (Phi) is 5.20. The van der Waals surface area contributed by atoms with E-state index in [0.29, 0.717) is 25.6 Å². The number of amides is 1. The van der Waals surface area contributed by atoms with Gasteiger partial charge in [0, 0.05) is 37.6 Å². The van der Waals surface area contributed by atoms with Crippen LogP contribution in [0.15, 0.2) is 16.5 Å². The van der Waals surface area contributed by atoms with E-state index in [0.717, 1.165) is 36.0 Å². The third kappa shape index (κ3) is 3.79. The Labute approximate surface area is 146 Å². The van der Waals surface area contributed by atoms with Crippen molar-refractivity contribution >= 4 is 17.4 Å². The van der Waals surface area contributed by atoms with E-state index in [-0.39, 0.29) is 6.09 Å². The van der Waals surface area contributed by atoms with Crippen molar-refractivity contribution in [3.63, 3.8) is 0 Å². The van der Waals surface area contributed by atoms with Gasteiger partial charge >= 0.3 is 6.09 Å². The third-order valence-corrected chi connectivity index (χ3v) is 5.10. The second-order valence-corrected chi connectivity index (χ2v) is 7.18. The fourth-order valence-electron chi connectivity index (χ4n) is 2.74. The van der Waals surface area contributed by atoms with Crippen molar-refractivity contribution in [3.8, 4) is 10.8 Å². The molecular weight excluding hydrogens is 326 g/mol. The average Bonchev–Trinajstić information content (AvgIpc) is 3.15. The predicted molar refractivity (Wildman–Crippen MR) is 93.2 cm³/mol. The minimum absolute atomic E-state index is 0.217. The molecule has 3 rings (SSSR count). The lowest BCUT2D eigenvalue weighted by atomic mass is 10.3. The molecule has 0 unspecified atom stereocenters. The number of piperazine rings is 1. The molecule has 3 heterocycles. The molecule has 0 radical (unpaired) electrons. The number of rotatable bonds is 4. The van der Waals surface area contributed by atoms with Gasteiger partial charge in [-0.3, -0.25) is 4.90 Å². The first-order valence-corrected chi connectivity index (χ1v) is 9.05.